The highest BCUT2D eigenvalue weighted by Gasteiger charge is 2.26. The third kappa shape index (κ3) is 4.16. The van der Waals surface area contributed by atoms with Crippen LogP contribution in [0.5, 0.6) is 0 Å². The first-order valence-electron chi connectivity index (χ1n) is 11.8. The summed E-state index contributed by atoms with van der Waals surface area (Å²) in [6.07, 6.45) is 7.90. The Morgan fingerprint density at radius 3 is 2.92 bits per heavy atom. The normalized spacial score (nSPS) is 14.3. The number of carbonyl (C=O) groups excluding carboxylic acids is 1. The van der Waals surface area contributed by atoms with Crippen LogP contribution < -0.4 is 5.32 Å². The molecule has 0 radical (unpaired) electrons. The number of nitrogens with one attached hydrogen (secondary N) is 1. The van der Waals surface area contributed by atoms with Crippen LogP contribution in [0.15, 0.2) is 65.7 Å². The second kappa shape index (κ2) is 9.04. The molecular formula is C26H25N7O3. The van der Waals surface area contributed by atoms with E-state index in [0.717, 1.165) is 16.8 Å². The minimum Gasteiger partial charge on any atom is -0.451 e. The first-order valence-corrected chi connectivity index (χ1v) is 11.8. The maximum atomic E-state index is 13.1. The molecule has 1 saturated carbocycles. The molecule has 10 heteroatoms. The van der Waals surface area contributed by atoms with Gasteiger partial charge in [0.1, 0.15) is 23.4 Å². The van der Waals surface area contributed by atoms with E-state index in [-0.39, 0.29) is 17.7 Å². The van der Waals surface area contributed by atoms with Crippen LogP contribution in [-0.2, 0) is 4.74 Å². The molecule has 5 aromatic rings. The Labute approximate surface area is 207 Å². The van der Waals surface area contributed by atoms with E-state index < -0.39 is 0 Å². The lowest BCUT2D eigenvalue weighted by Crippen LogP contribution is -2.14. The molecule has 0 aliphatic heterocycles. The van der Waals surface area contributed by atoms with Crippen LogP contribution in [0, 0.1) is 0 Å². The van der Waals surface area contributed by atoms with E-state index in [1.807, 2.05) is 52.7 Å². The molecule has 1 unspecified atom stereocenters. The summed E-state index contributed by atoms with van der Waals surface area (Å²) >= 11 is 0. The quantitative estimate of drug-likeness (QED) is 0.343. The van der Waals surface area contributed by atoms with Crippen LogP contribution in [0.3, 0.4) is 0 Å². The van der Waals surface area contributed by atoms with Gasteiger partial charge < -0.3 is 23.6 Å². The molecule has 36 heavy (non-hydrogen) atoms. The van der Waals surface area contributed by atoms with Crippen LogP contribution >= 0.6 is 0 Å². The van der Waals surface area contributed by atoms with Crippen molar-refractivity contribution in [2.45, 2.75) is 31.7 Å². The van der Waals surface area contributed by atoms with E-state index in [1.54, 1.807) is 25.6 Å². The predicted octanol–water partition coefficient (Wildman–Crippen LogP) is 4.61. The standard InChI is InChI=1S/C26H25N7O3/c1-16(13-35-2)33-15-28-31-25(33)19-5-3-8-24(29-19)30-26(34)23-11-18-21(6-4-7-22(18)36-23)32-12-20(27-14-32)17-9-10-17/h3-8,11-12,14-17H,9-10,13H2,1-2H3,(H,29,30,34). The summed E-state index contributed by atoms with van der Waals surface area (Å²) < 4.78 is 15.0. The molecule has 6 rings (SSSR count). The van der Waals surface area contributed by atoms with Gasteiger partial charge in [-0.25, -0.2) is 9.97 Å². The largest absolute Gasteiger partial charge is 0.451 e. The molecule has 0 bridgehead atoms. The zero-order valence-corrected chi connectivity index (χ0v) is 20.0. The van der Waals surface area contributed by atoms with Crippen molar-refractivity contribution >= 4 is 22.7 Å². The Morgan fingerprint density at radius 1 is 1.22 bits per heavy atom. The van der Waals surface area contributed by atoms with Crippen molar-refractivity contribution in [2.75, 3.05) is 19.0 Å². The number of methoxy groups -OCH3 is 1. The van der Waals surface area contributed by atoms with Crippen LogP contribution in [0.25, 0.3) is 28.2 Å². The fourth-order valence-electron chi connectivity index (χ4n) is 4.32. The van der Waals surface area contributed by atoms with Crippen molar-refractivity contribution in [3.05, 3.63) is 72.8 Å². The fourth-order valence-corrected chi connectivity index (χ4v) is 4.32. The molecule has 1 N–H and O–H groups in total. The lowest BCUT2D eigenvalue weighted by molar-refractivity contribution is 0.0998. The maximum absolute atomic E-state index is 13.1. The third-order valence-electron chi connectivity index (χ3n) is 6.31. The molecule has 182 valence electrons. The number of carbonyl (C=O) groups is 1. The molecule has 1 aliphatic rings. The summed E-state index contributed by atoms with van der Waals surface area (Å²) in [5, 5.41) is 11.9. The summed E-state index contributed by atoms with van der Waals surface area (Å²) in [5.74, 6) is 1.35. The monoisotopic (exact) mass is 483 g/mol. The van der Waals surface area contributed by atoms with Gasteiger partial charge in [0.05, 0.1) is 30.4 Å². The first-order chi connectivity index (χ1) is 17.6. The molecule has 1 aromatic carbocycles. The Balaban J connectivity index is 1.25. The van der Waals surface area contributed by atoms with Gasteiger partial charge in [0.2, 0.25) is 0 Å². The highest BCUT2D eigenvalue weighted by atomic mass is 16.5. The molecule has 10 nitrogen and oxygen atoms in total. The summed E-state index contributed by atoms with van der Waals surface area (Å²) in [6, 6.07) is 12.9. The average molecular weight is 484 g/mol. The van der Waals surface area contributed by atoms with Gasteiger partial charge in [0, 0.05) is 24.6 Å². The van der Waals surface area contributed by atoms with Crippen LogP contribution in [0.2, 0.25) is 0 Å². The predicted molar refractivity (Wildman–Crippen MR) is 133 cm³/mol. The van der Waals surface area contributed by atoms with E-state index in [2.05, 4.69) is 31.7 Å². The van der Waals surface area contributed by atoms with Gasteiger partial charge in [-0.1, -0.05) is 12.1 Å². The number of hydrogen-bond donors (Lipinski definition) is 1. The molecule has 1 amide bonds. The number of rotatable bonds is 8. The molecule has 0 spiro atoms. The number of amides is 1. The van der Waals surface area contributed by atoms with Crippen molar-refractivity contribution in [3.8, 4) is 17.2 Å². The molecule has 1 atom stereocenters. The molecule has 4 aromatic heterocycles. The number of ether oxygens (including phenoxy) is 1. The zero-order chi connectivity index (χ0) is 24.6. The molecular weight excluding hydrogens is 458 g/mol. The molecule has 4 heterocycles. The van der Waals surface area contributed by atoms with Crippen molar-refractivity contribution < 1.29 is 13.9 Å². The Morgan fingerprint density at radius 2 is 2.08 bits per heavy atom. The highest BCUT2D eigenvalue weighted by molar-refractivity contribution is 6.05. The lowest BCUT2D eigenvalue weighted by atomic mass is 10.2. The number of imidazole rings is 1. The van der Waals surface area contributed by atoms with E-state index in [9.17, 15) is 4.79 Å². The topological polar surface area (TPSA) is 113 Å². The number of anilines is 1. The second-order valence-electron chi connectivity index (χ2n) is 9.01. The van der Waals surface area contributed by atoms with Gasteiger partial charge in [0.15, 0.2) is 11.6 Å². The van der Waals surface area contributed by atoms with Gasteiger partial charge >= 0.3 is 0 Å². The van der Waals surface area contributed by atoms with Gasteiger partial charge in [-0.05, 0) is 50.1 Å². The van der Waals surface area contributed by atoms with Gasteiger partial charge in [0.25, 0.3) is 5.91 Å². The lowest BCUT2D eigenvalue weighted by Gasteiger charge is -2.14. The van der Waals surface area contributed by atoms with E-state index in [4.69, 9.17) is 9.15 Å². The fraction of sp³-hybridized carbons (Fsp3) is 0.269. The number of furan rings is 1. The molecule has 1 fully saturated rings. The highest BCUT2D eigenvalue weighted by Crippen LogP contribution is 2.39. The van der Waals surface area contributed by atoms with E-state index in [0.29, 0.717) is 35.4 Å². The van der Waals surface area contributed by atoms with Gasteiger partial charge in [-0.3, -0.25) is 4.79 Å². The molecule has 0 saturated heterocycles. The Bertz CT molecular complexity index is 1550. The minimum atomic E-state index is -0.389. The number of aromatic nitrogens is 6. The van der Waals surface area contributed by atoms with Crippen molar-refractivity contribution in [1.29, 1.82) is 0 Å². The number of benzene rings is 1. The maximum Gasteiger partial charge on any atom is 0.292 e. The number of hydrogen-bond acceptors (Lipinski definition) is 7. The second-order valence-corrected chi connectivity index (χ2v) is 9.01. The SMILES string of the molecule is COCC(C)n1cnnc1-c1cccc(NC(=O)c2cc3c(-n4cnc(C5CC5)c4)cccc3o2)n1. The van der Waals surface area contributed by atoms with Crippen LogP contribution in [0.4, 0.5) is 5.82 Å². The number of nitrogens with zero attached hydrogens (tertiary/aromatic N) is 6. The van der Waals surface area contributed by atoms with E-state index >= 15 is 0 Å². The zero-order valence-electron chi connectivity index (χ0n) is 20.0. The summed E-state index contributed by atoms with van der Waals surface area (Å²) in [6.45, 7) is 2.52. The van der Waals surface area contributed by atoms with Crippen molar-refractivity contribution in [3.63, 3.8) is 0 Å². The Kier molecular flexibility index (Phi) is 5.57. The smallest absolute Gasteiger partial charge is 0.292 e. The first kappa shape index (κ1) is 22.2. The van der Waals surface area contributed by atoms with Gasteiger partial charge in [-0.2, -0.15) is 0 Å². The van der Waals surface area contributed by atoms with Gasteiger partial charge in [-0.15, -0.1) is 10.2 Å². The van der Waals surface area contributed by atoms with Crippen LogP contribution in [0.1, 0.15) is 48.0 Å². The Hall–Kier alpha value is -4.31. The minimum absolute atomic E-state index is 0.0284. The van der Waals surface area contributed by atoms with E-state index in [1.165, 1.54) is 12.8 Å². The van der Waals surface area contributed by atoms with Crippen molar-refractivity contribution in [1.82, 2.24) is 29.3 Å². The summed E-state index contributed by atoms with van der Waals surface area (Å²) in [4.78, 5) is 22.2. The molecule has 1 aliphatic carbocycles. The summed E-state index contributed by atoms with van der Waals surface area (Å²) in [5.41, 5.74) is 3.24. The number of fused-ring (bicyclic) bond motifs is 1. The third-order valence-corrected chi connectivity index (χ3v) is 6.31. The number of pyridine rings is 1. The van der Waals surface area contributed by atoms with Crippen LogP contribution in [-0.4, -0.2) is 48.9 Å². The average Bonchev–Trinajstić information content (AvgIpc) is 3.28. The summed E-state index contributed by atoms with van der Waals surface area (Å²) in [7, 11) is 1.65. The van der Waals surface area contributed by atoms with Crippen molar-refractivity contribution in [2.24, 2.45) is 0 Å².